The molecule has 2 aliphatic rings. The van der Waals surface area contributed by atoms with E-state index in [1.54, 1.807) is 0 Å². The van der Waals surface area contributed by atoms with Gasteiger partial charge in [0.05, 0.1) is 10.8 Å². The second kappa shape index (κ2) is 14.6. The largest absolute Gasteiger partial charge is 0.378 e. The molecule has 50 heavy (non-hydrogen) atoms. The van der Waals surface area contributed by atoms with Crippen molar-refractivity contribution in [2.24, 2.45) is 0 Å². The average molecular weight is 665 g/mol. The zero-order chi connectivity index (χ0) is 35.5. The lowest BCUT2D eigenvalue weighted by Crippen LogP contribution is -2.28. The summed E-state index contributed by atoms with van der Waals surface area (Å²) in [5.41, 5.74) is 13.1. The van der Waals surface area contributed by atoms with Crippen molar-refractivity contribution in [1.82, 2.24) is 0 Å². The van der Waals surface area contributed by atoms with Crippen molar-refractivity contribution in [3.63, 3.8) is 0 Å². The van der Waals surface area contributed by atoms with E-state index < -0.39 is 0 Å². The fourth-order valence-electron chi connectivity index (χ4n) is 7.92. The second-order valence-electron chi connectivity index (χ2n) is 15.0. The molecule has 258 valence electrons. The summed E-state index contributed by atoms with van der Waals surface area (Å²) in [6, 6.07) is 35.8. The van der Waals surface area contributed by atoms with Gasteiger partial charge in [0.25, 0.3) is 0 Å². The van der Waals surface area contributed by atoms with Crippen molar-refractivity contribution >= 4 is 46.3 Å². The first kappa shape index (κ1) is 35.1. The van der Waals surface area contributed by atoms with E-state index in [1.165, 1.54) is 56.4 Å². The Morgan fingerprint density at radius 1 is 0.520 bits per heavy atom. The fraction of sp³-hybridized carbons (Fsp3) is 0.348. The van der Waals surface area contributed by atoms with Crippen molar-refractivity contribution in [3.05, 3.63) is 131 Å². The molecule has 4 nitrogen and oxygen atoms in total. The van der Waals surface area contributed by atoms with Gasteiger partial charge in [-0.2, -0.15) is 9.15 Å². The number of anilines is 2. The Kier molecular flexibility index (Phi) is 10.3. The predicted molar refractivity (Wildman–Crippen MR) is 217 cm³/mol. The van der Waals surface area contributed by atoms with Crippen LogP contribution in [0.2, 0.25) is 0 Å². The summed E-state index contributed by atoms with van der Waals surface area (Å²) in [6.07, 6.45) is 11.5. The lowest BCUT2D eigenvalue weighted by molar-refractivity contribution is -0.451. The van der Waals surface area contributed by atoms with E-state index in [0.29, 0.717) is 0 Å². The molecule has 6 rings (SSSR count). The van der Waals surface area contributed by atoms with Crippen LogP contribution < -0.4 is 9.80 Å². The number of rotatable bonds is 13. The van der Waals surface area contributed by atoms with Crippen molar-refractivity contribution < 1.29 is 9.15 Å². The predicted octanol–water partition coefficient (Wildman–Crippen LogP) is 10.3. The highest BCUT2D eigenvalue weighted by molar-refractivity contribution is 6.06. The molecule has 0 amide bonds. The second-order valence-corrected chi connectivity index (χ2v) is 15.0. The van der Waals surface area contributed by atoms with Crippen LogP contribution >= 0.6 is 0 Å². The molecule has 0 atom stereocenters. The summed E-state index contributed by atoms with van der Waals surface area (Å²) in [6.45, 7) is 17.9. The highest BCUT2D eigenvalue weighted by Gasteiger charge is 2.45. The summed E-state index contributed by atoms with van der Waals surface area (Å²) < 4.78 is 5.16. The topological polar surface area (TPSA) is 12.5 Å². The highest BCUT2D eigenvalue weighted by atomic mass is 15.1. The van der Waals surface area contributed by atoms with Gasteiger partial charge in [0.15, 0.2) is 11.4 Å². The first-order valence-electron chi connectivity index (χ1n) is 18.5. The quantitative estimate of drug-likeness (QED) is 0.104. The molecule has 4 aromatic carbocycles. The molecule has 0 bridgehead atoms. The molecule has 0 fully saturated rings. The third-order valence-electron chi connectivity index (χ3n) is 10.9. The maximum atomic E-state index is 2.58. The minimum atomic E-state index is -0.0668. The van der Waals surface area contributed by atoms with Crippen molar-refractivity contribution in [2.75, 3.05) is 50.1 Å². The molecule has 4 heteroatoms. The van der Waals surface area contributed by atoms with E-state index >= 15 is 0 Å². The Morgan fingerprint density at radius 2 is 0.920 bits per heavy atom. The van der Waals surface area contributed by atoms with E-state index in [-0.39, 0.29) is 10.8 Å². The smallest absolute Gasteiger partial charge is 0.209 e. The van der Waals surface area contributed by atoms with Crippen LogP contribution in [0.1, 0.15) is 76.6 Å². The fourth-order valence-corrected chi connectivity index (χ4v) is 7.92. The number of hydrogen-bond donors (Lipinski definition) is 0. The first-order valence-corrected chi connectivity index (χ1v) is 18.5. The Bertz CT molecular complexity index is 1930. The SMILES string of the molecule is CCN(CC)c1ccc(C=CC2=[N+](CCCC[N+]3=C(C=Cc4ccc(N(C)C)cc4)C(C)(C)c4ccccc43)c3ccccc3C2(C)C)cc1. The summed E-state index contributed by atoms with van der Waals surface area (Å²) >= 11 is 0. The van der Waals surface area contributed by atoms with Gasteiger partial charge in [-0.1, -0.05) is 60.7 Å². The average Bonchev–Trinajstić information content (AvgIpc) is 3.47. The molecule has 0 radical (unpaired) electrons. The van der Waals surface area contributed by atoms with Gasteiger partial charge in [-0.05, 0) is 89.1 Å². The molecular weight excluding hydrogens is 609 g/mol. The molecular formula is C46H56N4+2. The Labute approximate surface area is 301 Å². The van der Waals surface area contributed by atoms with Gasteiger partial charge in [-0.3, -0.25) is 0 Å². The van der Waals surface area contributed by atoms with E-state index in [1.807, 2.05) is 0 Å². The Hall–Kier alpha value is -4.70. The highest BCUT2D eigenvalue weighted by Crippen LogP contribution is 2.41. The van der Waals surface area contributed by atoms with Crippen LogP contribution in [0.25, 0.3) is 12.2 Å². The first-order chi connectivity index (χ1) is 24.1. The van der Waals surface area contributed by atoms with Crippen LogP contribution in [0.4, 0.5) is 22.7 Å². The van der Waals surface area contributed by atoms with Crippen LogP contribution in [-0.4, -0.2) is 60.8 Å². The number of fused-ring (bicyclic) bond motifs is 2. The molecule has 0 saturated carbocycles. The monoisotopic (exact) mass is 664 g/mol. The number of hydrogen-bond acceptors (Lipinski definition) is 2. The van der Waals surface area contributed by atoms with Crippen molar-refractivity contribution in [3.8, 4) is 0 Å². The minimum Gasteiger partial charge on any atom is -0.378 e. The Morgan fingerprint density at radius 3 is 1.32 bits per heavy atom. The molecule has 2 aliphatic heterocycles. The maximum Gasteiger partial charge on any atom is 0.209 e. The standard InChI is InChI=1S/C46H56N4/c1-9-48(10-2)38-29-23-36(24-30-38)26-32-44-46(5,6)40-18-12-14-20-42(40)50(44)34-16-15-33-49-41-19-13-11-17-39(41)45(3,4)43(49)31-25-35-21-27-37(28-22-35)47(7)8/h11-14,17-32H,9-10,15-16,33-34H2,1-8H3/q+2. The van der Waals surface area contributed by atoms with E-state index in [9.17, 15) is 0 Å². The third kappa shape index (κ3) is 6.86. The molecule has 0 unspecified atom stereocenters. The molecule has 4 aromatic rings. The van der Waals surface area contributed by atoms with E-state index in [4.69, 9.17) is 0 Å². The zero-order valence-electron chi connectivity index (χ0n) is 31.6. The molecule has 0 saturated heterocycles. The number of unbranched alkanes of at least 4 members (excludes halogenated alkanes) is 1. The summed E-state index contributed by atoms with van der Waals surface area (Å²) in [5, 5.41) is 0. The third-order valence-corrected chi connectivity index (χ3v) is 10.9. The summed E-state index contributed by atoms with van der Waals surface area (Å²) in [4.78, 5) is 4.54. The van der Waals surface area contributed by atoms with Gasteiger partial charge in [0, 0.05) is 86.8 Å². The Balaban J connectivity index is 1.24. The van der Waals surface area contributed by atoms with Gasteiger partial charge in [-0.15, -0.1) is 0 Å². The van der Waals surface area contributed by atoms with Crippen molar-refractivity contribution in [2.45, 2.75) is 65.2 Å². The number of para-hydroxylation sites is 2. The maximum absolute atomic E-state index is 2.58. The van der Waals surface area contributed by atoms with Gasteiger partial charge >= 0.3 is 0 Å². The van der Waals surface area contributed by atoms with E-state index in [2.05, 4.69) is 196 Å². The molecule has 2 heterocycles. The van der Waals surface area contributed by atoms with Gasteiger partial charge < -0.3 is 9.80 Å². The molecule has 0 aliphatic carbocycles. The normalized spacial score (nSPS) is 16.1. The van der Waals surface area contributed by atoms with Crippen LogP contribution in [0.15, 0.2) is 109 Å². The number of nitrogens with zero attached hydrogens (tertiary/aromatic N) is 4. The van der Waals surface area contributed by atoms with Crippen LogP contribution in [0, 0.1) is 0 Å². The van der Waals surface area contributed by atoms with Crippen molar-refractivity contribution in [1.29, 1.82) is 0 Å². The van der Waals surface area contributed by atoms with Gasteiger partial charge in [0.1, 0.15) is 13.1 Å². The van der Waals surface area contributed by atoms with Crippen LogP contribution in [0.3, 0.4) is 0 Å². The molecule has 0 aromatic heterocycles. The van der Waals surface area contributed by atoms with Gasteiger partial charge in [0.2, 0.25) is 11.4 Å². The number of benzene rings is 4. The van der Waals surface area contributed by atoms with E-state index in [0.717, 1.165) is 39.0 Å². The molecule has 0 N–H and O–H groups in total. The summed E-state index contributed by atoms with van der Waals surface area (Å²) in [5.74, 6) is 0. The van der Waals surface area contributed by atoms with Gasteiger partial charge in [-0.25, -0.2) is 0 Å². The van der Waals surface area contributed by atoms with Crippen LogP contribution in [0.5, 0.6) is 0 Å². The number of allylic oxidation sites excluding steroid dienone is 2. The minimum absolute atomic E-state index is 0.0656. The lowest BCUT2D eigenvalue weighted by atomic mass is 9.81. The summed E-state index contributed by atoms with van der Waals surface area (Å²) in [7, 11) is 4.17. The molecule has 0 spiro atoms. The lowest BCUT2D eigenvalue weighted by Gasteiger charge is -2.20. The zero-order valence-corrected chi connectivity index (χ0v) is 31.6. The van der Waals surface area contributed by atoms with Crippen LogP contribution in [-0.2, 0) is 10.8 Å².